The first-order chi connectivity index (χ1) is 6.72. The van der Waals surface area contributed by atoms with Crippen LogP contribution in [-0.2, 0) is 0 Å². The predicted molar refractivity (Wildman–Crippen MR) is 64.0 cm³/mol. The van der Waals surface area contributed by atoms with Crippen molar-refractivity contribution in [1.29, 1.82) is 0 Å². The van der Waals surface area contributed by atoms with Gasteiger partial charge in [-0.1, -0.05) is 12.1 Å². The molecule has 0 aliphatic heterocycles. The van der Waals surface area contributed by atoms with Gasteiger partial charge in [-0.15, -0.1) is 11.3 Å². The van der Waals surface area contributed by atoms with Crippen molar-refractivity contribution in [2.75, 3.05) is 7.05 Å². The number of fused-ring (bicyclic) bond motifs is 1. The van der Waals surface area contributed by atoms with E-state index in [1.54, 1.807) is 0 Å². The second kappa shape index (κ2) is 3.71. The van der Waals surface area contributed by atoms with Crippen LogP contribution in [-0.4, -0.2) is 7.05 Å². The second-order valence-electron chi connectivity index (χ2n) is 3.65. The fraction of sp³-hybridized carbons (Fsp3) is 0.333. The molecule has 1 aromatic carbocycles. The Morgan fingerprint density at radius 2 is 2.14 bits per heavy atom. The number of rotatable bonds is 2. The Balaban J connectivity index is 2.56. The summed E-state index contributed by atoms with van der Waals surface area (Å²) in [7, 11) is 2.00. The summed E-state index contributed by atoms with van der Waals surface area (Å²) in [6.07, 6.45) is 0. The summed E-state index contributed by atoms with van der Waals surface area (Å²) < 4.78 is 1.39. The van der Waals surface area contributed by atoms with E-state index in [2.05, 4.69) is 43.4 Å². The minimum atomic E-state index is 0.451. The molecule has 2 heteroatoms. The number of nitrogens with one attached hydrogen (secondary N) is 1. The van der Waals surface area contributed by atoms with E-state index in [9.17, 15) is 0 Å². The van der Waals surface area contributed by atoms with Crippen molar-refractivity contribution in [3.05, 3.63) is 34.7 Å². The van der Waals surface area contributed by atoms with Gasteiger partial charge in [0.1, 0.15) is 0 Å². The number of aryl methyl sites for hydroxylation is 1. The van der Waals surface area contributed by atoms with Gasteiger partial charge in [-0.3, -0.25) is 0 Å². The van der Waals surface area contributed by atoms with Crippen LogP contribution in [0.2, 0.25) is 0 Å². The summed E-state index contributed by atoms with van der Waals surface area (Å²) >= 11 is 1.88. The van der Waals surface area contributed by atoms with E-state index >= 15 is 0 Å². The van der Waals surface area contributed by atoms with Crippen molar-refractivity contribution in [3.8, 4) is 0 Å². The van der Waals surface area contributed by atoms with Crippen molar-refractivity contribution in [1.82, 2.24) is 5.32 Å². The summed E-state index contributed by atoms with van der Waals surface area (Å²) in [4.78, 5) is 1.41. The SMILES string of the molecule is CNC(C)c1cc2c(C)cccc2s1. The molecule has 0 fully saturated rings. The summed E-state index contributed by atoms with van der Waals surface area (Å²) in [5.41, 5.74) is 1.37. The molecule has 0 aliphatic carbocycles. The van der Waals surface area contributed by atoms with Crippen LogP contribution >= 0.6 is 11.3 Å². The molecule has 2 rings (SSSR count). The smallest absolute Gasteiger partial charge is 0.0384 e. The molecule has 2 aromatic rings. The molecule has 1 nitrogen and oxygen atoms in total. The lowest BCUT2D eigenvalue weighted by Crippen LogP contribution is -2.10. The van der Waals surface area contributed by atoms with Gasteiger partial charge in [-0.05, 0) is 44.0 Å². The highest BCUT2D eigenvalue weighted by molar-refractivity contribution is 7.19. The minimum Gasteiger partial charge on any atom is -0.313 e. The normalized spacial score (nSPS) is 13.4. The van der Waals surface area contributed by atoms with Crippen LogP contribution < -0.4 is 5.32 Å². The summed E-state index contributed by atoms with van der Waals surface area (Å²) in [5, 5.41) is 4.67. The van der Waals surface area contributed by atoms with Crippen LogP contribution in [0.3, 0.4) is 0 Å². The van der Waals surface area contributed by atoms with Gasteiger partial charge in [0, 0.05) is 15.6 Å². The second-order valence-corrected chi connectivity index (χ2v) is 4.76. The zero-order valence-electron chi connectivity index (χ0n) is 8.79. The van der Waals surface area contributed by atoms with Crippen molar-refractivity contribution >= 4 is 21.4 Å². The standard InChI is InChI=1S/C12H15NS/c1-8-5-4-6-11-10(8)7-12(14-11)9(2)13-3/h4-7,9,13H,1-3H3. The maximum absolute atomic E-state index is 3.27. The van der Waals surface area contributed by atoms with Gasteiger partial charge in [0.2, 0.25) is 0 Å². The summed E-state index contributed by atoms with van der Waals surface area (Å²) in [6, 6.07) is 9.24. The molecule has 1 N–H and O–H groups in total. The van der Waals surface area contributed by atoms with Gasteiger partial charge in [0.15, 0.2) is 0 Å². The Bertz CT molecular complexity index is 445. The molecule has 0 radical (unpaired) electrons. The van der Waals surface area contributed by atoms with Gasteiger partial charge in [-0.2, -0.15) is 0 Å². The topological polar surface area (TPSA) is 12.0 Å². The maximum Gasteiger partial charge on any atom is 0.0384 e. The van der Waals surface area contributed by atoms with E-state index in [1.165, 1.54) is 20.5 Å². The summed E-state index contributed by atoms with van der Waals surface area (Å²) in [5.74, 6) is 0. The van der Waals surface area contributed by atoms with Crippen LogP contribution in [0.25, 0.3) is 10.1 Å². The monoisotopic (exact) mass is 205 g/mol. The molecule has 0 bridgehead atoms. The molecule has 0 saturated carbocycles. The quantitative estimate of drug-likeness (QED) is 0.791. The molecule has 1 aromatic heterocycles. The van der Waals surface area contributed by atoms with Gasteiger partial charge in [0.25, 0.3) is 0 Å². The molecule has 1 atom stereocenters. The molecule has 14 heavy (non-hydrogen) atoms. The van der Waals surface area contributed by atoms with Crippen LogP contribution in [0, 0.1) is 6.92 Å². The number of benzene rings is 1. The largest absolute Gasteiger partial charge is 0.313 e. The Labute approximate surface area is 88.8 Å². The van der Waals surface area contributed by atoms with Crippen LogP contribution in [0.4, 0.5) is 0 Å². The van der Waals surface area contributed by atoms with Gasteiger partial charge in [-0.25, -0.2) is 0 Å². The van der Waals surface area contributed by atoms with Crippen molar-refractivity contribution in [2.24, 2.45) is 0 Å². The minimum absolute atomic E-state index is 0.451. The number of hydrogen-bond acceptors (Lipinski definition) is 2. The molecule has 0 amide bonds. The highest BCUT2D eigenvalue weighted by Crippen LogP contribution is 2.31. The van der Waals surface area contributed by atoms with Gasteiger partial charge < -0.3 is 5.32 Å². The fourth-order valence-corrected chi connectivity index (χ4v) is 2.78. The first kappa shape index (κ1) is 9.69. The summed E-state index contributed by atoms with van der Waals surface area (Å²) in [6.45, 7) is 4.36. The molecular formula is C12H15NS. The molecule has 74 valence electrons. The zero-order valence-corrected chi connectivity index (χ0v) is 9.61. The van der Waals surface area contributed by atoms with Crippen LogP contribution in [0.15, 0.2) is 24.3 Å². The number of hydrogen-bond donors (Lipinski definition) is 1. The Kier molecular flexibility index (Phi) is 2.57. The van der Waals surface area contributed by atoms with Gasteiger partial charge >= 0.3 is 0 Å². The van der Waals surface area contributed by atoms with Crippen LogP contribution in [0.5, 0.6) is 0 Å². The highest BCUT2D eigenvalue weighted by atomic mass is 32.1. The van der Waals surface area contributed by atoms with E-state index in [-0.39, 0.29) is 0 Å². The Morgan fingerprint density at radius 3 is 2.79 bits per heavy atom. The third kappa shape index (κ3) is 1.56. The van der Waals surface area contributed by atoms with Crippen molar-refractivity contribution < 1.29 is 0 Å². The van der Waals surface area contributed by atoms with E-state index in [0.29, 0.717) is 6.04 Å². The Morgan fingerprint density at radius 1 is 1.36 bits per heavy atom. The molecule has 1 heterocycles. The third-order valence-electron chi connectivity index (χ3n) is 2.66. The molecule has 0 saturated heterocycles. The van der Waals surface area contributed by atoms with Crippen molar-refractivity contribution in [2.45, 2.75) is 19.9 Å². The average molecular weight is 205 g/mol. The maximum atomic E-state index is 3.27. The van der Waals surface area contributed by atoms with Crippen LogP contribution in [0.1, 0.15) is 23.4 Å². The van der Waals surface area contributed by atoms with E-state index < -0.39 is 0 Å². The molecule has 1 unspecified atom stereocenters. The lowest BCUT2D eigenvalue weighted by atomic mass is 10.1. The van der Waals surface area contributed by atoms with Gasteiger partial charge in [0.05, 0.1) is 0 Å². The third-order valence-corrected chi connectivity index (χ3v) is 3.94. The number of thiophene rings is 1. The average Bonchev–Trinajstić information content (AvgIpc) is 2.62. The van der Waals surface area contributed by atoms with E-state index in [0.717, 1.165) is 0 Å². The molecule has 0 aliphatic rings. The molecule has 0 spiro atoms. The van der Waals surface area contributed by atoms with E-state index in [1.807, 2.05) is 18.4 Å². The van der Waals surface area contributed by atoms with E-state index in [4.69, 9.17) is 0 Å². The molecular weight excluding hydrogens is 190 g/mol. The zero-order chi connectivity index (χ0) is 10.1. The lowest BCUT2D eigenvalue weighted by Gasteiger charge is -2.05. The highest BCUT2D eigenvalue weighted by Gasteiger charge is 2.08. The lowest BCUT2D eigenvalue weighted by molar-refractivity contribution is 0.664. The fourth-order valence-electron chi connectivity index (χ4n) is 1.58. The first-order valence-electron chi connectivity index (χ1n) is 4.88. The predicted octanol–water partition coefficient (Wildman–Crippen LogP) is 3.49. The first-order valence-corrected chi connectivity index (χ1v) is 5.70. The van der Waals surface area contributed by atoms with Crippen molar-refractivity contribution in [3.63, 3.8) is 0 Å². The Hall–Kier alpha value is -0.860.